The number of likely N-dealkylation sites (tertiary alicyclic amines) is 1. The number of carbonyl (C=O) groups is 3. The lowest BCUT2D eigenvalue weighted by Crippen LogP contribution is -2.58. The number of hydrogen-bond acceptors (Lipinski definition) is 5. The molecule has 2 N–H and O–H groups in total. The first-order chi connectivity index (χ1) is 14.5. The largest absolute Gasteiger partial charge is 0.481 e. The van der Waals surface area contributed by atoms with E-state index in [1.165, 1.54) is 4.90 Å². The maximum absolute atomic E-state index is 13.9. The van der Waals surface area contributed by atoms with Crippen molar-refractivity contribution >= 4 is 17.8 Å². The van der Waals surface area contributed by atoms with E-state index in [1.807, 2.05) is 4.90 Å². The summed E-state index contributed by atoms with van der Waals surface area (Å²) >= 11 is 0. The molecule has 8 heteroatoms. The van der Waals surface area contributed by atoms with Crippen molar-refractivity contribution in [1.29, 1.82) is 0 Å². The van der Waals surface area contributed by atoms with Crippen LogP contribution in [0.15, 0.2) is 12.7 Å². The normalized spacial score (nSPS) is 35.5. The molecule has 3 saturated heterocycles. The van der Waals surface area contributed by atoms with Crippen LogP contribution >= 0.6 is 0 Å². The van der Waals surface area contributed by atoms with E-state index in [4.69, 9.17) is 4.74 Å². The summed E-state index contributed by atoms with van der Waals surface area (Å²) in [5, 5.41) is 19.1. The Hall–Kier alpha value is -1.93. The van der Waals surface area contributed by atoms with Gasteiger partial charge in [0.25, 0.3) is 0 Å². The Bertz CT molecular complexity index is 720. The number of aliphatic hydroxyl groups is 1. The molecule has 1 spiro atoms. The number of aliphatic hydroxyl groups excluding tert-OH is 1. The van der Waals surface area contributed by atoms with Crippen molar-refractivity contribution in [3.05, 3.63) is 12.7 Å². The third-order valence-corrected chi connectivity index (χ3v) is 7.50. The first kappa shape index (κ1) is 21.3. The predicted octanol–water partition coefficient (Wildman–Crippen LogP) is 1.18. The first-order valence-corrected chi connectivity index (χ1v) is 11.2. The van der Waals surface area contributed by atoms with E-state index in [1.54, 1.807) is 6.08 Å². The van der Waals surface area contributed by atoms with Gasteiger partial charge in [0.15, 0.2) is 0 Å². The highest BCUT2D eigenvalue weighted by Gasteiger charge is 2.74. The van der Waals surface area contributed by atoms with Crippen LogP contribution in [0.4, 0.5) is 0 Å². The number of aliphatic carboxylic acids is 1. The van der Waals surface area contributed by atoms with Crippen molar-refractivity contribution in [3.63, 3.8) is 0 Å². The molecule has 0 aromatic carbocycles. The molecule has 0 radical (unpaired) electrons. The van der Waals surface area contributed by atoms with Crippen LogP contribution in [0.3, 0.4) is 0 Å². The van der Waals surface area contributed by atoms with E-state index >= 15 is 0 Å². The first-order valence-electron chi connectivity index (χ1n) is 11.2. The average Bonchev–Trinajstić information content (AvgIpc) is 3.38. The van der Waals surface area contributed by atoms with Gasteiger partial charge in [-0.3, -0.25) is 14.4 Å². The zero-order valence-electron chi connectivity index (χ0n) is 17.4. The van der Waals surface area contributed by atoms with Gasteiger partial charge in [-0.2, -0.15) is 0 Å². The summed E-state index contributed by atoms with van der Waals surface area (Å²) in [6.07, 6.45) is 7.73. The Morgan fingerprint density at radius 1 is 1.27 bits per heavy atom. The Morgan fingerprint density at radius 2 is 2.00 bits per heavy atom. The molecule has 30 heavy (non-hydrogen) atoms. The van der Waals surface area contributed by atoms with Gasteiger partial charge in [0, 0.05) is 25.7 Å². The lowest BCUT2D eigenvalue weighted by molar-refractivity contribution is -0.152. The summed E-state index contributed by atoms with van der Waals surface area (Å²) in [6, 6.07) is -0.735. The lowest BCUT2D eigenvalue weighted by Gasteiger charge is -2.40. The van der Waals surface area contributed by atoms with Gasteiger partial charge in [0.2, 0.25) is 11.8 Å². The predicted molar refractivity (Wildman–Crippen MR) is 107 cm³/mol. The van der Waals surface area contributed by atoms with Crippen molar-refractivity contribution in [3.8, 4) is 0 Å². The molecular weight excluding hydrogens is 388 g/mol. The van der Waals surface area contributed by atoms with Crippen molar-refractivity contribution in [1.82, 2.24) is 9.80 Å². The van der Waals surface area contributed by atoms with Gasteiger partial charge in [-0.05, 0) is 32.1 Å². The molecule has 0 unspecified atom stereocenters. The molecule has 4 aliphatic rings. The molecule has 8 nitrogen and oxygen atoms in total. The molecule has 5 atom stereocenters. The zero-order valence-corrected chi connectivity index (χ0v) is 17.4. The highest BCUT2D eigenvalue weighted by Crippen LogP contribution is 2.58. The highest BCUT2D eigenvalue weighted by molar-refractivity contribution is 5.98. The second-order valence-electron chi connectivity index (χ2n) is 9.07. The molecule has 1 saturated carbocycles. The van der Waals surface area contributed by atoms with Gasteiger partial charge < -0.3 is 24.7 Å². The van der Waals surface area contributed by atoms with Crippen LogP contribution in [0.2, 0.25) is 0 Å². The van der Waals surface area contributed by atoms with Crippen LogP contribution in [0, 0.1) is 11.8 Å². The fourth-order valence-electron chi connectivity index (χ4n) is 6.30. The standard InChI is InChI=1S/C22H32N2O6/c1-2-11-23(14-7-4-3-5-8-14)20(27)18-22-10-9-15(30-22)16(21(28)29)17(22)19(26)24(18)12-6-13-25/h2,14-18,25H,1,3-13H2,(H,28,29)/t15-,16+,17+,18-,22+/m0/s1. The average molecular weight is 421 g/mol. The number of rotatable bonds is 8. The van der Waals surface area contributed by atoms with Gasteiger partial charge in [0.1, 0.15) is 11.6 Å². The smallest absolute Gasteiger partial charge is 0.310 e. The van der Waals surface area contributed by atoms with E-state index in [2.05, 4.69) is 6.58 Å². The molecule has 0 aromatic rings. The summed E-state index contributed by atoms with van der Waals surface area (Å²) < 4.78 is 6.21. The van der Waals surface area contributed by atoms with Gasteiger partial charge in [0.05, 0.1) is 17.9 Å². The van der Waals surface area contributed by atoms with Gasteiger partial charge >= 0.3 is 5.97 Å². The highest BCUT2D eigenvalue weighted by atomic mass is 16.5. The molecule has 166 valence electrons. The van der Waals surface area contributed by atoms with Crippen LogP contribution in [0.25, 0.3) is 0 Å². The van der Waals surface area contributed by atoms with E-state index in [9.17, 15) is 24.6 Å². The van der Waals surface area contributed by atoms with Gasteiger partial charge in [-0.15, -0.1) is 6.58 Å². The van der Waals surface area contributed by atoms with Crippen molar-refractivity contribution in [2.24, 2.45) is 11.8 Å². The number of carboxylic acids is 1. The molecule has 3 aliphatic heterocycles. The fraction of sp³-hybridized carbons (Fsp3) is 0.773. The van der Waals surface area contributed by atoms with E-state index in [0.29, 0.717) is 25.8 Å². The molecule has 0 aromatic heterocycles. The van der Waals surface area contributed by atoms with Crippen LogP contribution < -0.4 is 0 Å². The Kier molecular flexibility index (Phi) is 5.90. The quantitative estimate of drug-likeness (QED) is 0.571. The number of carboxylic acid groups (broad SMARTS) is 1. The summed E-state index contributed by atoms with van der Waals surface area (Å²) in [6.45, 7) is 4.33. The SMILES string of the molecule is C=CCN(C(=O)[C@@H]1N(CCCO)C(=O)[C@H]2[C@H](C(=O)O)[C@@H]3CC[C@]12O3)C1CCCCC1. The van der Waals surface area contributed by atoms with Crippen molar-refractivity contribution < 1.29 is 29.3 Å². The number of fused-ring (bicyclic) bond motifs is 1. The van der Waals surface area contributed by atoms with Crippen LogP contribution in [-0.4, -0.2) is 81.3 Å². The molecular formula is C22H32N2O6. The third-order valence-electron chi connectivity index (χ3n) is 7.50. The molecule has 4 fully saturated rings. The topological polar surface area (TPSA) is 107 Å². The second kappa shape index (κ2) is 8.30. The number of nitrogens with zero attached hydrogens (tertiary/aromatic N) is 2. The molecule has 4 rings (SSSR count). The van der Waals surface area contributed by atoms with Crippen molar-refractivity contribution in [2.75, 3.05) is 19.7 Å². The second-order valence-corrected chi connectivity index (χ2v) is 9.07. The van der Waals surface area contributed by atoms with Crippen LogP contribution in [0.5, 0.6) is 0 Å². The van der Waals surface area contributed by atoms with Gasteiger partial charge in [-0.1, -0.05) is 25.3 Å². The minimum Gasteiger partial charge on any atom is -0.481 e. The summed E-state index contributed by atoms with van der Waals surface area (Å²) in [7, 11) is 0. The van der Waals surface area contributed by atoms with Gasteiger partial charge in [-0.25, -0.2) is 0 Å². The number of ether oxygens (including phenoxy) is 1. The van der Waals surface area contributed by atoms with Crippen LogP contribution in [0.1, 0.15) is 51.4 Å². The maximum Gasteiger partial charge on any atom is 0.310 e. The number of amides is 2. The summed E-state index contributed by atoms with van der Waals surface area (Å²) in [5.74, 6) is -3.27. The fourth-order valence-corrected chi connectivity index (χ4v) is 6.30. The maximum atomic E-state index is 13.9. The molecule has 3 heterocycles. The molecule has 2 bridgehead atoms. The monoisotopic (exact) mass is 420 g/mol. The summed E-state index contributed by atoms with van der Waals surface area (Å²) in [5.41, 5.74) is -1.08. The summed E-state index contributed by atoms with van der Waals surface area (Å²) in [4.78, 5) is 42.6. The number of carbonyl (C=O) groups excluding carboxylic acids is 2. The third kappa shape index (κ3) is 3.15. The lowest BCUT2D eigenvalue weighted by atomic mass is 9.70. The number of hydrogen-bond donors (Lipinski definition) is 2. The van der Waals surface area contributed by atoms with E-state index in [0.717, 1.165) is 32.1 Å². The van der Waals surface area contributed by atoms with E-state index in [-0.39, 0.29) is 31.0 Å². The van der Waals surface area contributed by atoms with E-state index < -0.39 is 35.6 Å². The van der Waals surface area contributed by atoms with Crippen molar-refractivity contribution in [2.45, 2.75) is 75.2 Å². The molecule has 1 aliphatic carbocycles. The Labute approximate surface area is 176 Å². The zero-order chi connectivity index (χ0) is 21.5. The molecule has 2 amide bonds. The minimum atomic E-state index is -1.08. The Morgan fingerprint density at radius 3 is 2.63 bits per heavy atom. The van der Waals surface area contributed by atoms with Crippen LogP contribution in [-0.2, 0) is 19.1 Å². The Balaban J connectivity index is 1.70. The minimum absolute atomic E-state index is 0.100.